The van der Waals surface area contributed by atoms with Crippen molar-refractivity contribution in [3.05, 3.63) is 29.3 Å². The van der Waals surface area contributed by atoms with Crippen LogP contribution in [0.2, 0.25) is 0 Å². The van der Waals surface area contributed by atoms with Gasteiger partial charge in [-0.1, -0.05) is 18.2 Å². The zero-order valence-corrected chi connectivity index (χ0v) is 10.5. The Balaban J connectivity index is 1.84. The fourth-order valence-electron chi connectivity index (χ4n) is 1.91. The molecule has 1 aliphatic carbocycles. The SMILES string of the molecule is Cc1cccc(C)c1NC(=O)CNCC1CC1. The van der Waals surface area contributed by atoms with Gasteiger partial charge in [-0.2, -0.15) is 0 Å². The molecule has 1 aliphatic rings. The molecule has 0 atom stereocenters. The Labute approximate surface area is 103 Å². The fraction of sp³-hybridized carbons (Fsp3) is 0.500. The van der Waals surface area contributed by atoms with Crippen LogP contribution in [-0.4, -0.2) is 19.0 Å². The van der Waals surface area contributed by atoms with E-state index in [1.807, 2.05) is 32.0 Å². The van der Waals surface area contributed by atoms with Crippen LogP contribution in [0.25, 0.3) is 0 Å². The Morgan fingerprint density at radius 2 is 1.94 bits per heavy atom. The molecular formula is C14H20N2O. The van der Waals surface area contributed by atoms with Crippen molar-refractivity contribution in [3.63, 3.8) is 0 Å². The number of benzene rings is 1. The van der Waals surface area contributed by atoms with E-state index < -0.39 is 0 Å². The third-order valence-electron chi connectivity index (χ3n) is 3.16. The summed E-state index contributed by atoms with van der Waals surface area (Å²) in [5.74, 6) is 0.853. The molecule has 1 aromatic carbocycles. The van der Waals surface area contributed by atoms with Gasteiger partial charge in [-0.3, -0.25) is 4.79 Å². The van der Waals surface area contributed by atoms with Crippen LogP contribution in [-0.2, 0) is 4.79 Å². The Morgan fingerprint density at radius 1 is 1.29 bits per heavy atom. The molecule has 0 saturated heterocycles. The second-order valence-electron chi connectivity index (χ2n) is 4.89. The first kappa shape index (κ1) is 12.1. The predicted octanol–water partition coefficient (Wildman–Crippen LogP) is 2.24. The largest absolute Gasteiger partial charge is 0.324 e. The van der Waals surface area contributed by atoms with Crippen LogP contribution >= 0.6 is 0 Å². The van der Waals surface area contributed by atoms with Crippen LogP contribution in [0, 0.1) is 19.8 Å². The van der Waals surface area contributed by atoms with Crippen molar-refractivity contribution in [1.29, 1.82) is 0 Å². The van der Waals surface area contributed by atoms with Crippen LogP contribution in [0.3, 0.4) is 0 Å². The number of amides is 1. The predicted molar refractivity (Wildman–Crippen MR) is 70.1 cm³/mol. The highest BCUT2D eigenvalue weighted by molar-refractivity contribution is 5.93. The Kier molecular flexibility index (Phi) is 3.79. The van der Waals surface area contributed by atoms with E-state index in [-0.39, 0.29) is 5.91 Å². The van der Waals surface area contributed by atoms with Gasteiger partial charge in [-0.15, -0.1) is 0 Å². The van der Waals surface area contributed by atoms with Gasteiger partial charge in [0.2, 0.25) is 5.91 Å². The number of carbonyl (C=O) groups is 1. The van der Waals surface area contributed by atoms with Crippen LogP contribution in [0.4, 0.5) is 5.69 Å². The average Bonchev–Trinajstić information content (AvgIpc) is 3.08. The lowest BCUT2D eigenvalue weighted by Crippen LogP contribution is -2.29. The number of hydrogen-bond acceptors (Lipinski definition) is 2. The molecule has 0 radical (unpaired) electrons. The van der Waals surface area contributed by atoms with Gasteiger partial charge in [0, 0.05) is 5.69 Å². The maximum absolute atomic E-state index is 11.7. The van der Waals surface area contributed by atoms with Crippen molar-refractivity contribution in [2.24, 2.45) is 5.92 Å². The molecule has 0 bridgehead atoms. The molecule has 3 nitrogen and oxygen atoms in total. The lowest BCUT2D eigenvalue weighted by atomic mass is 10.1. The van der Waals surface area contributed by atoms with E-state index >= 15 is 0 Å². The molecule has 17 heavy (non-hydrogen) atoms. The molecule has 2 rings (SSSR count). The molecule has 0 aliphatic heterocycles. The normalized spacial score (nSPS) is 14.7. The number of anilines is 1. The summed E-state index contributed by atoms with van der Waals surface area (Å²) in [6.07, 6.45) is 2.62. The van der Waals surface area contributed by atoms with E-state index in [2.05, 4.69) is 10.6 Å². The molecule has 1 amide bonds. The highest BCUT2D eigenvalue weighted by Crippen LogP contribution is 2.27. The summed E-state index contributed by atoms with van der Waals surface area (Å²) in [4.78, 5) is 11.7. The summed E-state index contributed by atoms with van der Waals surface area (Å²) >= 11 is 0. The van der Waals surface area contributed by atoms with Crippen molar-refractivity contribution < 1.29 is 4.79 Å². The smallest absolute Gasteiger partial charge is 0.238 e. The van der Waals surface area contributed by atoms with Crippen LogP contribution in [0.1, 0.15) is 24.0 Å². The van der Waals surface area contributed by atoms with E-state index in [0.29, 0.717) is 6.54 Å². The number of hydrogen-bond donors (Lipinski definition) is 2. The van der Waals surface area contributed by atoms with Crippen molar-refractivity contribution >= 4 is 11.6 Å². The topological polar surface area (TPSA) is 41.1 Å². The molecule has 0 aromatic heterocycles. The monoisotopic (exact) mass is 232 g/mol. The molecule has 0 heterocycles. The highest BCUT2D eigenvalue weighted by atomic mass is 16.1. The molecule has 0 unspecified atom stereocenters. The lowest BCUT2D eigenvalue weighted by Gasteiger charge is -2.11. The van der Waals surface area contributed by atoms with Crippen LogP contribution in [0.15, 0.2) is 18.2 Å². The molecule has 2 N–H and O–H groups in total. The molecule has 92 valence electrons. The van der Waals surface area contributed by atoms with Gasteiger partial charge in [0.1, 0.15) is 0 Å². The maximum Gasteiger partial charge on any atom is 0.238 e. The number of para-hydroxylation sites is 1. The second kappa shape index (κ2) is 5.32. The standard InChI is InChI=1S/C14H20N2O/c1-10-4-3-5-11(2)14(10)16-13(17)9-15-8-12-6-7-12/h3-5,12,15H,6-9H2,1-2H3,(H,16,17). The minimum absolute atomic E-state index is 0.0445. The fourth-order valence-corrected chi connectivity index (χ4v) is 1.91. The number of nitrogens with one attached hydrogen (secondary N) is 2. The van der Waals surface area contributed by atoms with Gasteiger partial charge in [-0.25, -0.2) is 0 Å². The summed E-state index contributed by atoms with van der Waals surface area (Å²) in [5, 5.41) is 6.17. The molecule has 0 spiro atoms. The van der Waals surface area contributed by atoms with E-state index in [0.717, 1.165) is 29.3 Å². The average molecular weight is 232 g/mol. The van der Waals surface area contributed by atoms with Gasteiger partial charge in [0.05, 0.1) is 6.54 Å². The van der Waals surface area contributed by atoms with E-state index in [1.54, 1.807) is 0 Å². The summed E-state index contributed by atoms with van der Waals surface area (Å²) in [6.45, 7) is 5.41. The minimum Gasteiger partial charge on any atom is -0.324 e. The van der Waals surface area contributed by atoms with Crippen molar-refractivity contribution in [3.8, 4) is 0 Å². The van der Waals surface area contributed by atoms with E-state index in [9.17, 15) is 4.79 Å². The Morgan fingerprint density at radius 3 is 2.53 bits per heavy atom. The Hall–Kier alpha value is -1.35. The van der Waals surface area contributed by atoms with E-state index in [4.69, 9.17) is 0 Å². The van der Waals surface area contributed by atoms with Gasteiger partial charge in [0.15, 0.2) is 0 Å². The summed E-state index contributed by atoms with van der Waals surface area (Å²) < 4.78 is 0. The quantitative estimate of drug-likeness (QED) is 0.817. The third kappa shape index (κ3) is 3.56. The summed E-state index contributed by atoms with van der Waals surface area (Å²) in [5.41, 5.74) is 3.17. The third-order valence-corrected chi connectivity index (χ3v) is 3.16. The van der Waals surface area contributed by atoms with Gasteiger partial charge in [0.25, 0.3) is 0 Å². The molecule has 1 aromatic rings. The minimum atomic E-state index is 0.0445. The second-order valence-corrected chi connectivity index (χ2v) is 4.89. The van der Waals surface area contributed by atoms with Crippen molar-refractivity contribution in [1.82, 2.24) is 5.32 Å². The first-order valence-electron chi connectivity index (χ1n) is 6.23. The molecular weight excluding hydrogens is 212 g/mol. The van der Waals surface area contributed by atoms with Crippen LogP contribution < -0.4 is 10.6 Å². The first-order chi connectivity index (χ1) is 8.16. The lowest BCUT2D eigenvalue weighted by molar-refractivity contribution is -0.115. The molecule has 1 saturated carbocycles. The highest BCUT2D eigenvalue weighted by Gasteiger charge is 2.20. The van der Waals surface area contributed by atoms with Gasteiger partial charge < -0.3 is 10.6 Å². The Bertz CT molecular complexity index is 390. The molecule has 3 heteroatoms. The van der Waals surface area contributed by atoms with Gasteiger partial charge in [-0.05, 0) is 50.3 Å². The summed E-state index contributed by atoms with van der Waals surface area (Å²) in [6, 6.07) is 6.03. The first-order valence-corrected chi connectivity index (χ1v) is 6.23. The maximum atomic E-state index is 11.7. The van der Waals surface area contributed by atoms with E-state index in [1.165, 1.54) is 12.8 Å². The number of rotatable bonds is 5. The summed E-state index contributed by atoms with van der Waals surface area (Å²) in [7, 11) is 0. The van der Waals surface area contributed by atoms with Crippen molar-refractivity contribution in [2.45, 2.75) is 26.7 Å². The van der Waals surface area contributed by atoms with Gasteiger partial charge >= 0.3 is 0 Å². The molecule has 1 fully saturated rings. The zero-order valence-electron chi connectivity index (χ0n) is 10.5. The van der Waals surface area contributed by atoms with Crippen LogP contribution in [0.5, 0.6) is 0 Å². The zero-order chi connectivity index (χ0) is 12.3. The van der Waals surface area contributed by atoms with Crippen molar-refractivity contribution in [2.75, 3.05) is 18.4 Å². The number of aryl methyl sites for hydroxylation is 2. The number of carbonyl (C=O) groups excluding carboxylic acids is 1.